The van der Waals surface area contributed by atoms with Crippen LogP contribution in [0.3, 0.4) is 0 Å². The lowest BCUT2D eigenvalue weighted by atomic mass is 10.1. The Morgan fingerprint density at radius 3 is 2.60 bits per heavy atom. The average Bonchev–Trinajstić information content (AvgIpc) is 3.14. The molecular formula is C18H22N4O3. The van der Waals surface area contributed by atoms with E-state index in [1.165, 1.54) is 7.11 Å². The van der Waals surface area contributed by atoms with Crippen LogP contribution in [0, 0.1) is 0 Å². The van der Waals surface area contributed by atoms with E-state index in [-0.39, 0.29) is 24.5 Å². The van der Waals surface area contributed by atoms with E-state index in [1.807, 2.05) is 23.1 Å². The van der Waals surface area contributed by atoms with Crippen LogP contribution < -0.4 is 4.90 Å². The van der Waals surface area contributed by atoms with Crippen LogP contribution in [-0.2, 0) is 16.1 Å². The van der Waals surface area contributed by atoms with E-state index in [0.717, 1.165) is 18.8 Å². The van der Waals surface area contributed by atoms with Crippen LogP contribution in [-0.4, -0.2) is 59.3 Å². The highest BCUT2D eigenvalue weighted by Crippen LogP contribution is 2.20. The lowest BCUT2D eigenvalue weighted by Gasteiger charge is -2.41. The maximum atomic E-state index is 12.5. The van der Waals surface area contributed by atoms with Gasteiger partial charge in [0.2, 0.25) is 5.91 Å². The van der Waals surface area contributed by atoms with Crippen molar-refractivity contribution in [2.75, 3.05) is 31.6 Å². The maximum Gasteiger partial charge on any atom is 0.337 e. The first-order valence-corrected chi connectivity index (χ1v) is 8.28. The summed E-state index contributed by atoms with van der Waals surface area (Å²) >= 11 is 0. The first-order chi connectivity index (χ1) is 12.1. The largest absolute Gasteiger partial charge is 0.465 e. The molecule has 0 aliphatic carbocycles. The monoisotopic (exact) mass is 342 g/mol. The summed E-state index contributed by atoms with van der Waals surface area (Å²) in [7, 11) is 1.37. The molecule has 0 saturated carbocycles. The topological polar surface area (TPSA) is 67.7 Å². The van der Waals surface area contributed by atoms with Gasteiger partial charge in [0.05, 0.1) is 12.7 Å². The van der Waals surface area contributed by atoms with E-state index < -0.39 is 0 Å². The van der Waals surface area contributed by atoms with Gasteiger partial charge in [-0.15, -0.1) is 0 Å². The summed E-state index contributed by atoms with van der Waals surface area (Å²) < 4.78 is 6.36. The van der Waals surface area contributed by atoms with Gasteiger partial charge < -0.3 is 14.5 Å². The number of hydrogen-bond acceptors (Lipinski definition) is 5. The molecule has 1 aliphatic heterocycles. The molecule has 132 valence electrons. The number of anilines is 1. The molecular weight excluding hydrogens is 320 g/mol. The molecule has 25 heavy (non-hydrogen) atoms. The van der Waals surface area contributed by atoms with E-state index in [2.05, 4.69) is 16.9 Å². The minimum absolute atomic E-state index is 0.0805. The van der Waals surface area contributed by atoms with Gasteiger partial charge in [-0.25, -0.2) is 4.79 Å². The number of esters is 1. The van der Waals surface area contributed by atoms with Gasteiger partial charge in [-0.05, 0) is 37.3 Å². The number of carbonyl (C=O) groups is 2. The van der Waals surface area contributed by atoms with Crippen molar-refractivity contribution in [3.63, 3.8) is 0 Å². The Balaban J connectivity index is 1.61. The number of methoxy groups -OCH3 is 1. The molecule has 7 heteroatoms. The summed E-state index contributed by atoms with van der Waals surface area (Å²) in [6.45, 7) is 4.50. The highest BCUT2D eigenvalue weighted by Gasteiger charge is 2.27. The number of carbonyl (C=O) groups excluding carboxylic acids is 2. The van der Waals surface area contributed by atoms with Crippen LogP contribution in [0.4, 0.5) is 5.69 Å². The van der Waals surface area contributed by atoms with E-state index in [9.17, 15) is 9.59 Å². The molecule has 2 aromatic rings. The van der Waals surface area contributed by atoms with Crippen LogP contribution in [0.2, 0.25) is 0 Å². The van der Waals surface area contributed by atoms with Crippen LogP contribution >= 0.6 is 0 Å². The average molecular weight is 342 g/mol. The van der Waals surface area contributed by atoms with Crippen LogP contribution in [0.1, 0.15) is 17.3 Å². The second kappa shape index (κ2) is 7.38. The van der Waals surface area contributed by atoms with Crippen LogP contribution in [0.25, 0.3) is 0 Å². The third-order valence-electron chi connectivity index (χ3n) is 4.46. The molecule has 3 rings (SSSR count). The molecule has 0 bridgehead atoms. The zero-order chi connectivity index (χ0) is 17.8. The summed E-state index contributed by atoms with van der Waals surface area (Å²) in [6.07, 6.45) is 3.47. The van der Waals surface area contributed by atoms with E-state index >= 15 is 0 Å². The van der Waals surface area contributed by atoms with Crippen molar-refractivity contribution in [3.8, 4) is 0 Å². The molecule has 1 aliphatic rings. The maximum absolute atomic E-state index is 12.5. The van der Waals surface area contributed by atoms with Crippen molar-refractivity contribution in [2.45, 2.75) is 19.5 Å². The molecule has 2 heterocycles. The first-order valence-electron chi connectivity index (χ1n) is 8.28. The number of amides is 1. The fourth-order valence-corrected chi connectivity index (χ4v) is 3.11. The van der Waals surface area contributed by atoms with Gasteiger partial charge in [-0.3, -0.25) is 9.48 Å². The Morgan fingerprint density at radius 2 is 2.00 bits per heavy atom. The number of aromatic nitrogens is 2. The molecule has 1 fully saturated rings. The van der Waals surface area contributed by atoms with Crippen molar-refractivity contribution in [3.05, 3.63) is 48.3 Å². The third-order valence-corrected chi connectivity index (χ3v) is 4.46. The normalized spacial score (nSPS) is 17.4. The van der Waals surface area contributed by atoms with Crippen LogP contribution in [0.5, 0.6) is 0 Å². The zero-order valence-electron chi connectivity index (χ0n) is 14.5. The van der Waals surface area contributed by atoms with Crippen LogP contribution in [0.15, 0.2) is 42.7 Å². The Morgan fingerprint density at radius 1 is 1.24 bits per heavy atom. The molecule has 1 saturated heterocycles. The summed E-state index contributed by atoms with van der Waals surface area (Å²) in [4.78, 5) is 28.1. The molecule has 0 N–H and O–H groups in total. The predicted molar refractivity (Wildman–Crippen MR) is 93.4 cm³/mol. The number of nitrogens with zero attached hydrogens (tertiary/aromatic N) is 4. The minimum Gasteiger partial charge on any atom is -0.465 e. The van der Waals surface area contributed by atoms with Gasteiger partial charge in [0.25, 0.3) is 0 Å². The summed E-state index contributed by atoms with van der Waals surface area (Å²) in [6, 6.07) is 9.28. The van der Waals surface area contributed by atoms with Gasteiger partial charge in [-0.2, -0.15) is 5.10 Å². The highest BCUT2D eigenvalue weighted by atomic mass is 16.5. The summed E-state index contributed by atoms with van der Waals surface area (Å²) in [5.41, 5.74) is 1.58. The van der Waals surface area contributed by atoms with Gasteiger partial charge in [-0.1, -0.05) is 0 Å². The Hall–Kier alpha value is -2.83. The van der Waals surface area contributed by atoms with Gasteiger partial charge in [0, 0.05) is 43.8 Å². The van der Waals surface area contributed by atoms with Crippen molar-refractivity contribution in [1.82, 2.24) is 14.7 Å². The molecule has 0 radical (unpaired) electrons. The summed E-state index contributed by atoms with van der Waals surface area (Å²) in [5, 5.41) is 4.09. The van der Waals surface area contributed by atoms with Gasteiger partial charge in [0.1, 0.15) is 6.54 Å². The fraction of sp³-hybridized carbons (Fsp3) is 0.389. The molecule has 1 unspecified atom stereocenters. The fourth-order valence-electron chi connectivity index (χ4n) is 3.11. The molecule has 1 aromatic carbocycles. The molecule has 7 nitrogen and oxygen atoms in total. The van der Waals surface area contributed by atoms with E-state index in [1.54, 1.807) is 29.2 Å². The minimum atomic E-state index is -0.339. The third kappa shape index (κ3) is 3.81. The van der Waals surface area contributed by atoms with Crippen molar-refractivity contribution in [1.29, 1.82) is 0 Å². The van der Waals surface area contributed by atoms with Crippen molar-refractivity contribution in [2.24, 2.45) is 0 Å². The quantitative estimate of drug-likeness (QED) is 0.786. The standard InChI is InChI=1S/C18H22N4O3/c1-14-12-20(16-6-4-15(5-7-16)18(24)25-2)10-11-22(14)17(23)13-21-9-3-8-19-21/h3-9,14H,10-13H2,1-2H3. The SMILES string of the molecule is COC(=O)c1ccc(N2CCN(C(=O)Cn3cccn3)C(C)C2)cc1. The second-order valence-electron chi connectivity index (χ2n) is 6.12. The second-order valence-corrected chi connectivity index (χ2v) is 6.12. The lowest BCUT2D eigenvalue weighted by molar-refractivity contribution is -0.134. The Labute approximate surface area is 146 Å². The smallest absolute Gasteiger partial charge is 0.337 e. The number of rotatable bonds is 4. The van der Waals surface area contributed by atoms with Gasteiger partial charge in [0.15, 0.2) is 0 Å². The van der Waals surface area contributed by atoms with Crippen molar-refractivity contribution >= 4 is 17.6 Å². The zero-order valence-corrected chi connectivity index (χ0v) is 14.5. The van der Waals surface area contributed by atoms with Crippen molar-refractivity contribution < 1.29 is 14.3 Å². The molecule has 1 aromatic heterocycles. The Kier molecular flexibility index (Phi) is 5.02. The molecule has 1 atom stereocenters. The first kappa shape index (κ1) is 17.0. The van der Waals surface area contributed by atoms with E-state index in [0.29, 0.717) is 12.1 Å². The number of piperazine rings is 1. The van der Waals surface area contributed by atoms with Gasteiger partial charge >= 0.3 is 5.97 Å². The van der Waals surface area contributed by atoms with E-state index in [4.69, 9.17) is 4.74 Å². The predicted octanol–water partition coefficient (Wildman–Crippen LogP) is 1.41. The highest BCUT2D eigenvalue weighted by molar-refractivity contribution is 5.89. The number of benzene rings is 1. The number of hydrogen-bond donors (Lipinski definition) is 0. The molecule has 1 amide bonds. The summed E-state index contributed by atoms with van der Waals surface area (Å²) in [5.74, 6) is -0.258. The lowest BCUT2D eigenvalue weighted by Crippen LogP contribution is -2.54. The molecule has 0 spiro atoms. The number of ether oxygens (including phenoxy) is 1. The Bertz CT molecular complexity index is 727.